The molecule has 0 fully saturated rings. The number of rotatable bonds is 2. The summed E-state index contributed by atoms with van der Waals surface area (Å²) in [5, 5.41) is 5.05. The highest BCUT2D eigenvalue weighted by molar-refractivity contribution is 6.31. The van der Waals surface area contributed by atoms with Crippen molar-refractivity contribution in [1.82, 2.24) is 0 Å². The van der Waals surface area contributed by atoms with E-state index in [1.165, 1.54) is 11.3 Å². The van der Waals surface area contributed by atoms with E-state index in [-0.39, 0.29) is 6.04 Å². The topological polar surface area (TPSA) is 21.3 Å². The molecule has 1 N–H and O–H groups in total. The van der Waals surface area contributed by atoms with E-state index in [0.717, 1.165) is 28.3 Å². The molecule has 2 aromatic carbocycles. The van der Waals surface area contributed by atoms with Crippen molar-refractivity contribution in [3.05, 3.63) is 57.1 Å². The van der Waals surface area contributed by atoms with Crippen molar-refractivity contribution in [1.29, 1.82) is 0 Å². The highest BCUT2D eigenvalue weighted by atomic mass is 35.5. The van der Waals surface area contributed by atoms with E-state index >= 15 is 0 Å². The van der Waals surface area contributed by atoms with Gasteiger partial charge in [-0.15, -0.1) is 0 Å². The minimum absolute atomic E-state index is 0.163. The Labute approximate surface area is 128 Å². The van der Waals surface area contributed by atoms with Crippen LogP contribution >= 0.6 is 23.2 Å². The number of nitrogens with one attached hydrogen (secondary N) is 1. The predicted octanol–water partition coefficient (Wildman–Crippen LogP) is 5.02. The Balaban J connectivity index is 2.00. The van der Waals surface area contributed by atoms with Gasteiger partial charge in [0.1, 0.15) is 5.75 Å². The largest absolute Gasteiger partial charge is 0.496 e. The van der Waals surface area contributed by atoms with E-state index in [1.54, 1.807) is 7.11 Å². The fourth-order valence-electron chi connectivity index (χ4n) is 2.79. The van der Waals surface area contributed by atoms with E-state index in [4.69, 9.17) is 27.9 Å². The third kappa shape index (κ3) is 2.34. The van der Waals surface area contributed by atoms with Gasteiger partial charge in [0.05, 0.1) is 13.2 Å². The average molecular weight is 308 g/mol. The van der Waals surface area contributed by atoms with Gasteiger partial charge in [0, 0.05) is 21.3 Å². The molecule has 1 aliphatic heterocycles. The van der Waals surface area contributed by atoms with Crippen LogP contribution in [0.5, 0.6) is 5.75 Å². The molecule has 1 atom stereocenters. The van der Waals surface area contributed by atoms with Gasteiger partial charge in [0.15, 0.2) is 0 Å². The Morgan fingerprint density at radius 2 is 1.95 bits per heavy atom. The van der Waals surface area contributed by atoms with Gasteiger partial charge in [-0.2, -0.15) is 0 Å². The summed E-state index contributed by atoms with van der Waals surface area (Å²) < 4.78 is 5.44. The van der Waals surface area contributed by atoms with Crippen molar-refractivity contribution < 1.29 is 4.74 Å². The average Bonchev–Trinajstić information content (AvgIpc) is 2.82. The fourth-order valence-corrected chi connectivity index (χ4v) is 3.27. The quantitative estimate of drug-likeness (QED) is 0.841. The van der Waals surface area contributed by atoms with Crippen molar-refractivity contribution in [2.24, 2.45) is 0 Å². The van der Waals surface area contributed by atoms with Crippen LogP contribution in [0.25, 0.3) is 0 Å². The van der Waals surface area contributed by atoms with Crippen LogP contribution in [0.4, 0.5) is 5.69 Å². The molecule has 1 aliphatic rings. The summed E-state index contributed by atoms with van der Waals surface area (Å²) in [6.45, 7) is 2.06. The summed E-state index contributed by atoms with van der Waals surface area (Å²) in [5.41, 5.74) is 4.64. The minimum Gasteiger partial charge on any atom is -0.496 e. The van der Waals surface area contributed by atoms with Crippen LogP contribution in [-0.2, 0) is 6.42 Å². The smallest absolute Gasteiger partial charge is 0.124 e. The summed E-state index contributed by atoms with van der Waals surface area (Å²) in [6, 6.07) is 9.87. The van der Waals surface area contributed by atoms with Crippen LogP contribution in [-0.4, -0.2) is 7.11 Å². The van der Waals surface area contributed by atoms with E-state index in [1.807, 2.05) is 30.3 Å². The number of hydrogen-bond acceptors (Lipinski definition) is 2. The lowest BCUT2D eigenvalue weighted by Crippen LogP contribution is -2.07. The standard InChI is InChI=1S/C16H15Cl2NO/c1-9-5-12(18)6-10-7-14(19-16(9)10)13-8-11(17)3-4-15(13)20-2/h3-6,8,14,19H,7H2,1-2H3. The zero-order valence-corrected chi connectivity index (χ0v) is 12.8. The van der Waals surface area contributed by atoms with Crippen molar-refractivity contribution in [3.63, 3.8) is 0 Å². The van der Waals surface area contributed by atoms with Crippen LogP contribution in [0.1, 0.15) is 22.7 Å². The zero-order valence-electron chi connectivity index (χ0n) is 11.3. The summed E-state index contributed by atoms with van der Waals surface area (Å²) in [4.78, 5) is 0. The SMILES string of the molecule is COc1ccc(Cl)cc1C1Cc2cc(Cl)cc(C)c2N1. The van der Waals surface area contributed by atoms with Gasteiger partial charge in [-0.1, -0.05) is 23.2 Å². The predicted molar refractivity (Wildman–Crippen MR) is 84.3 cm³/mol. The lowest BCUT2D eigenvalue weighted by atomic mass is 10.0. The summed E-state index contributed by atoms with van der Waals surface area (Å²) >= 11 is 12.2. The molecule has 0 aliphatic carbocycles. The molecule has 4 heteroatoms. The number of hydrogen-bond donors (Lipinski definition) is 1. The van der Waals surface area contributed by atoms with Crippen LogP contribution in [0.2, 0.25) is 10.0 Å². The molecule has 3 rings (SSSR count). The highest BCUT2D eigenvalue weighted by Gasteiger charge is 2.26. The number of benzene rings is 2. The Kier molecular flexibility index (Phi) is 3.53. The first-order chi connectivity index (χ1) is 9.58. The van der Waals surface area contributed by atoms with Crippen molar-refractivity contribution in [2.75, 3.05) is 12.4 Å². The molecule has 0 amide bonds. The molecule has 1 heterocycles. The second-order valence-electron chi connectivity index (χ2n) is 5.04. The zero-order chi connectivity index (χ0) is 14.3. The first-order valence-corrected chi connectivity index (χ1v) is 7.23. The first-order valence-electron chi connectivity index (χ1n) is 6.47. The molecule has 0 spiro atoms. The maximum atomic E-state index is 6.13. The van der Waals surface area contributed by atoms with E-state index in [2.05, 4.69) is 12.2 Å². The van der Waals surface area contributed by atoms with Crippen LogP contribution in [0, 0.1) is 6.92 Å². The highest BCUT2D eigenvalue weighted by Crippen LogP contribution is 2.41. The van der Waals surface area contributed by atoms with Gasteiger partial charge in [0.25, 0.3) is 0 Å². The van der Waals surface area contributed by atoms with E-state index in [0.29, 0.717) is 5.02 Å². The summed E-state index contributed by atoms with van der Waals surface area (Å²) in [5.74, 6) is 0.850. The minimum atomic E-state index is 0.163. The number of anilines is 1. The van der Waals surface area contributed by atoms with Gasteiger partial charge < -0.3 is 10.1 Å². The van der Waals surface area contributed by atoms with Crippen LogP contribution < -0.4 is 10.1 Å². The Bertz CT molecular complexity index is 670. The molecule has 0 bridgehead atoms. The third-order valence-electron chi connectivity index (χ3n) is 3.69. The second kappa shape index (κ2) is 5.19. The number of fused-ring (bicyclic) bond motifs is 1. The molecular weight excluding hydrogens is 293 g/mol. The molecular formula is C16H15Cl2NO. The Morgan fingerprint density at radius 3 is 2.70 bits per heavy atom. The Hall–Kier alpha value is -1.38. The Morgan fingerprint density at radius 1 is 1.15 bits per heavy atom. The molecule has 2 nitrogen and oxygen atoms in total. The number of methoxy groups -OCH3 is 1. The normalized spacial score (nSPS) is 16.7. The van der Waals surface area contributed by atoms with Gasteiger partial charge in [0.2, 0.25) is 0 Å². The summed E-state index contributed by atoms with van der Waals surface area (Å²) in [7, 11) is 1.68. The molecule has 0 saturated heterocycles. The lowest BCUT2D eigenvalue weighted by Gasteiger charge is -2.16. The first kappa shape index (κ1) is 13.6. The molecule has 0 saturated carbocycles. The van der Waals surface area contributed by atoms with Crippen LogP contribution in [0.3, 0.4) is 0 Å². The number of aryl methyl sites for hydroxylation is 1. The van der Waals surface area contributed by atoms with Crippen molar-refractivity contribution in [3.8, 4) is 5.75 Å². The monoisotopic (exact) mass is 307 g/mol. The second-order valence-corrected chi connectivity index (χ2v) is 5.92. The van der Waals surface area contributed by atoms with E-state index < -0.39 is 0 Å². The molecule has 0 radical (unpaired) electrons. The van der Waals surface area contributed by atoms with E-state index in [9.17, 15) is 0 Å². The molecule has 2 aromatic rings. The van der Waals surface area contributed by atoms with Gasteiger partial charge in [-0.25, -0.2) is 0 Å². The van der Waals surface area contributed by atoms with Gasteiger partial charge in [-0.3, -0.25) is 0 Å². The molecule has 20 heavy (non-hydrogen) atoms. The van der Waals surface area contributed by atoms with Crippen molar-refractivity contribution >= 4 is 28.9 Å². The maximum Gasteiger partial charge on any atom is 0.124 e. The van der Waals surface area contributed by atoms with Gasteiger partial charge >= 0.3 is 0 Å². The molecule has 0 aromatic heterocycles. The molecule has 1 unspecified atom stereocenters. The fraction of sp³-hybridized carbons (Fsp3) is 0.250. The van der Waals surface area contributed by atoms with Crippen LogP contribution in [0.15, 0.2) is 30.3 Å². The van der Waals surface area contributed by atoms with Crippen molar-refractivity contribution in [2.45, 2.75) is 19.4 Å². The maximum absolute atomic E-state index is 6.13. The van der Waals surface area contributed by atoms with Gasteiger partial charge in [-0.05, 0) is 54.8 Å². The third-order valence-corrected chi connectivity index (χ3v) is 4.15. The lowest BCUT2D eigenvalue weighted by molar-refractivity contribution is 0.407. The number of ether oxygens (including phenoxy) is 1. The molecule has 104 valence electrons. The number of halogens is 2. The summed E-state index contributed by atoms with van der Waals surface area (Å²) in [6.07, 6.45) is 0.882.